The van der Waals surface area contributed by atoms with Gasteiger partial charge in [0.15, 0.2) is 5.78 Å². The number of allylic oxidation sites excluding steroid dienone is 2. The lowest BCUT2D eigenvalue weighted by Crippen LogP contribution is -2.17. The number of carbonyl (C=O) groups is 1. The van der Waals surface area contributed by atoms with Crippen LogP contribution in [0.4, 0.5) is 0 Å². The van der Waals surface area contributed by atoms with E-state index >= 15 is 0 Å². The molecule has 0 saturated carbocycles. The van der Waals surface area contributed by atoms with Crippen molar-refractivity contribution in [2.75, 3.05) is 0 Å². The minimum absolute atomic E-state index is 0.166. The molecular weight excluding hydrogens is 192 g/mol. The monoisotopic (exact) mass is 212 g/mol. The molecule has 0 aromatic rings. The standard InChI is InChI=1S/C11H20O2Si/c1-11(2,3)8-6-9(12)10(7-8)13-14(4)5/h7-8,14H,6H2,1-5H3/t8-/m0/s1. The molecule has 0 spiro atoms. The van der Waals surface area contributed by atoms with Crippen molar-refractivity contribution in [2.24, 2.45) is 11.3 Å². The van der Waals surface area contributed by atoms with Gasteiger partial charge < -0.3 is 4.43 Å². The van der Waals surface area contributed by atoms with Crippen LogP contribution < -0.4 is 0 Å². The molecule has 0 saturated heterocycles. The van der Waals surface area contributed by atoms with Crippen molar-refractivity contribution in [3.63, 3.8) is 0 Å². The first kappa shape index (κ1) is 11.5. The molecule has 0 radical (unpaired) electrons. The molecule has 1 aliphatic rings. The van der Waals surface area contributed by atoms with E-state index in [9.17, 15) is 4.79 Å². The Morgan fingerprint density at radius 1 is 1.43 bits per heavy atom. The number of Topliss-reactive ketones (excluding diaryl/α,β-unsaturated/α-hetero) is 1. The second-order valence-corrected chi connectivity index (χ2v) is 7.63. The van der Waals surface area contributed by atoms with Crippen LogP contribution in [0.15, 0.2) is 11.8 Å². The summed E-state index contributed by atoms with van der Waals surface area (Å²) in [7, 11) is -1.13. The molecular formula is C11H20O2Si. The number of carbonyl (C=O) groups excluding carboxylic acids is 1. The average molecular weight is 212 g/mol. The van der Waals surface area contributed by atoms with E-state index in [0.717, 1.165) is 0 Å². The molecule has 0 aromatic carbocycles. The molecule has 14 heavy (non-hydrogen) atoms. The van der Waals surface area contributed by atoms with Crippen LogP contribution >= 0.6 is 0 Å². The maximum absolute atomic E-state index is 11.6. The Balaban J connectivity index is 2.73. The van der Waals surface area contributed by atoms with Gasteiger partial charge in [-0.05, 0) is 30.5 Å². The Bertz CT molecular complexity index is 261. The van der Waals surface area contributed by atoms with E-state index < -0.39 is 9.04 Å². The molecule has 1 atom stereocenters. The van der Waals surface area contributed by atoms with E-state index in [-0.39, 0.29) is 11.2 Å². The summed E-state index contributed by atoms with van der Waals surface area (Å²) in [6.07, 6.45) is 2.65. The van der Waals surface area contributed by atoms with Crippen molar-refractivity contribution in [1.29, 1.82) is 0 Å². The molecule has 1 rings (SSSR count). The smallest absolute Gasteiger partial charge is 0.229 e. The highest BCUT2D eigenvalue weighted by atomic mass is 28.3. The van der Waals surface area contributed by atoms with E-state index in [1.165, 1.54) is 0 Å². The first-order valence-corrected chi connectivity index (χ1v) is 8.00. The molecule has 0 amide bonds. The third-order valence-electron chi connectivity index (χ3n) is 2.51. The maximum atomic E-state index is 11.6. The van der Waals surface area contributed by atoms with Crippen LogP contribution in [0.1, 0.15) is 27.2 Å². The fraction of sp³-hybridized carbons (Fsp3) is 0.727. The SMILES string of the molecule is C[SiH](C)OC1=C[C@@H](C(C)(C)C)CC1=O. The molecule has 1 aliphatic carbocycles. The van der Waals surface area contributed by atoms with Gasteiger partial charge in [-0.1, -0.05) is 20.8 Å². The lowest BCUT2D eigenvalue weighted by atomic mass is 9.80. The zero-order valence-electron chi connectivity index (χ0n) is 9.76. The van der Waals surface area contributed by atoms with Crippen molar-refractivity contribution in [3.8, 4) is 0 Å². The highest BCUT2D eigenvalue weighted by Gasteiger charge is 2.33. The predicted molar refractivity (Wildman–Crippen MR) is 60.6 cm³/mol. The summed E-state index contributed by atoms with van der Waals surface area (Å²) in [6, 6.07) is 0. The summed E-state index contributed by atoms with van der Waals surface area (Å²) >= 11 is 0. The van der Waals surface area contributed by atoms with Gasteiger partial charge in [0, 0.05) is 6.42 Å². The lowest BCUT2D eigenvalue weighted by Gasteiger charge is -2.23. The predicted octanol–water partition coefficient (Wildman–Crippen LogP) is 2.51. The summed E-state index contributed by atoms with van der Waals surface area (Å²) < 4.78 is 5.60. The third-order valence-corrected chi connectivity index (χ3v) is 3.23. The minimum Gasteiger partial charge on any atom is -0.545 e. The summed E-state index contributed by atoms with van der Waals surface area (Å²) in [5, 5.41) is 0. The van der Waals surface area contributed by atoms with Gasteiger partial charge >= 0.3 is 0 Å². The fourth-order valence-electron chi connectivity index (χ4n) is 1.55. The lowest BCUT2D eigenvalue weighted by molar-refractivity contribution is -0.117. The van der Waals surface area contributed by atoms with Gasteiger partial charge in [-0.25, -0.2) is 0 Å². The Morgan fingerprint density at radius 2 is 2.00 bits per heavy atom. The molecule has 80 valence electrons. The van der Waals surface area contributed by atoms with E-state index in [4.69, 9.17) is 4.43 Å². The van der Waals surface area contributed by atoms with Gasteiger partial charge in [-0.3, -0.25) is 4.79 Å². The van der Waals surface area contributed by atoms with Crippen molar-refractivity contribution in [1.82, 2.24) is 0 Å². The van der Waals surface area contributed by atoms with Crippen LogP contribution in [0.5, 0.6) is 0 Å². The number of ketones is 1. The summed E-state index contributed by atoms with van der Waals surface area (Å²) in [4.78, 5) is 11.6. The largest absolute Gasteiger partial charge is 0.545 e. The van der Waals surface area contributed by atoms with Crippen molar-refractivity contribution < 1.29 is 9.22 Å². The fourth-order valence-corrected chi connectivity index (χ4v) is 2.27. The van der Waals surface area contributed by atoms with Crippen LogP contribution in [0.25, 0.3) is 0 Å². The Morgan fingerprint density at radius 3 is 2.36 bits per heavy atom. The second-order valence-electron chi connectivity index (χ2n) is 5.30. The molecule has 0 aromatic heterocycles. The summed E-state index contributed by atoms with van der Waals surface area (Å²) in [5.74, 6) is 1.16. The second kappa shape index (κ2) is 3.89. The van der Waals surface area contributed by atoms with E-state index in [0.29, 0.717) is 18.1 Å². The van der Waals surface area contributed by atoms with Gasteiger partial charge in [0.1, 0.15) is 5.76 Å². The number of hydrogen-bond acceptors (Lipinski definition) is 2. The Labute approximate surface area is 88.1 Å². The zero-order valence-corrected chi connectivity index (χ0v) is 10.9. The topological polar surface area (TPSA) is 26.3 Å². The van der Waals surface area contributed by atoms with Crippen molar-refractivity contribution in [3.05, 3.63) is 11.8 Å². The van der Waals surface area contributed by atoms with Gasteiger partial charge in [-0.15, -0.1) is 0 Å². The normalized spacial score (nSPS) is 22.9. The molecule has 0 heterocycles. The van der Waals surface area contributed by atoms with Crippen LogP contribution in [-0.4, -0.2) is 14.8 Å². The Hall–Kier alpha value is -0.573. The van der Waals surface area contributed by atoms with Gasteiger partial charge in [0.2, 0.25) is 9.04 Å². The maximum Gasteiger partial charge on any atom is 0.229 e. The number of hydrogen-bond donors (Lipinski definition) is 0. The van der Waals surface area contributed by atoms with E-state index in [2.05, 4.69) is 33.9 Å². The summed E-state index contributed by atoms with van der Waals surface area (Å²) in [6.45, 7) is 10.7. The van der Waals surface area contributed by atoms with Gasteiger partial charge in [0.25, 0.3) is 0 Å². The molecule has 0 bridgehead atoms. The molecule has 0 unspecified atom stereocenters. The first-order valence-electron chi connectivity index (χ1n) is 5.22. The van der Waals surface area contributed by atoms with Crippen LogP contribution in [0, 0.1) is 11.3 Å². The van der Waals surface area contributed by atoms with Gasteiger partial charge in [0.05, 0.1) is 0 Å². The number of rotatable bonds is 2. The quantitative estimate of drug-likeness (QED) is 0.657. The van der Waals surface area contributed by atoms with Crippen molar-refractivity contribution >= 4 is 14.8 Å². The van der Waals surface area contributed by atoms with Crippen LogP contribution in [0.2, 0.25) is 13.1 Å². The molecule has 0 fully saturated rings. The Kier molecular flexibility index (Phi) is 3.19. The zero-order chi connectivity index (χ0) is 10.9. The highest BCUT2D eigenvalue weighted by Crippen LogP contribution is 2.36. The molecule has 0 N–H and O–H groups in total. The molecule has 3 heteroatoms. The summed E-state index contributed by atoms with van der Waals surface area (Å²) in [5.41, 5.74) is 0.166. The van der Waals surface area contributed by atoms with E-state index in [1.807, 2.05) is 6.08 Å². The van der Waals surface area contributed by atoms with Crippen LogP contribution in [0.3, 0.4) is 0 Å². The van der Waals surface area contributed by atoms with E-state index in [1.54, 1.807) is 0 Å². The first-order chi connectivity index (χ1) is 6.30. The molecule has 0 aliphatic heterocycles. The van der Waals surface area contributed by atoms with Crippen molar-refractivity contribution in [2.45, 2.75) is 40.3 Å². The average Bonchev–Trinajstić information content (AvgIpc) is 2.30. The third kappa shape index (κ3) is 2.71. The molecule has 2 nitrogen and oxygen atoms in total. The minimum atomic E-state index is -1.13. The van der Waals surface area contributed by atoms with Gasteiger partial charge in [-0.2, -0.15) is 0 Å². The van der Waals surface area contributed by atoms with Crippen LogP contribution in [-0.2, 0) is 9.22 Å². The highest BCUT2D eigenvalue weighted by molar-refractivity contribution is 6.49.